The number of hydrogen-bond donors (Lipinski definition) is 3. The molecular formula is C21H20N4O2S. The number of aromatic nitrogens is 2. The van der Waals surface area contributed by atoms with E-state index in [2.05, 4.69) is 20.6 Å². The van der Waals surface area contributed by atoms with Crippen LogP contribution in [0.3, 0.4) is 0 Å². The molecule has 0 fully saturated rings. The second-order valence-corrected chi connectivity index (χ2v) is 7.16. The number of carbonyl (C=O) groups is 1. The first-order valence-electron chi connectivity index (χ1n) is 8.92. The van der Waals surface area contributed by atoms with Crippen LogP contribution >= 0.6 is 11.3 Å². The first-order valence-corrected chi connectivity index (χ1v) is 9.80. The third-order valence-electron chi connectivity index (χ3n) is 4.46. The summed E-state index contributed by atoms with van der Waals surface area (Å²) in [6, 6.07) is 13.7. The van der Waals surface area contributed by atoms with Crippen LogP contribution in [-0.4, -0.2) is 29.5 Å². The van der Waals surface area contributed by atoms with E-state index in [1.165, 1.54) is 11.3 Å². The summed E-state index contributed by atoms with van der Waals surface area (Å²) in [5, 5.41) is 9.26. The molecule has 0 saturated carbocycles. The third kappa shape index (κ3) is 3.84. The van der Waals surface area contributed by atoms with E-state index in [0.717, 1.165) is 40.1 Å². The summed E-state index contributed by atoms with van der Waals surface area (Å²) < 4.78 is 5.16. The summed E-state index contributed by atoms with van der Waals surface area (Å²) in [5.74, 6) is 0.750. The van der Waals surface area contributed by atoms with E-state index in [4.69, 9.17) is 4.74 Å². The lowest BCUT2D eigenvalue weighted by Crippen LogP contribution is -2.25. The molecule has 0 spiro atoms. The first-order chi connectivity index (χ1) is 13.7. The van der Waals surface area contributed by atoms with Gasteiger partial charge in [0.05, 0.1) is 18.5 Å². The highest BCUT2D eigenvalue weighted by Gasteiger charge is 2.14. The number of nitrogens with one attached hydrogen (secondary N) is 3. The Labute approximate surface area is 166 Å². The van der Waals surface area contributed by atoms with Crippen molar-refractivity contribution in [2.45, 2.75) is 6.42 Å². The fraction of sp³-hybridized carbons (Fsp3) is 0.143. The number of pyridine rings is 1. The van der Waals surface area contributed by atoms with Gasteiger partial charge in [-0.3, -0.25) is 4.79 Å². The molecule has 0 unspecified atom stereocenters. The van der Waals surface area contributed by atoms with Crippen molar-refractivity contribution in [3.05, 3.63) is 70.7 Å². The highest BCUT2D eigenvalue weighted by atomic mass is 32.1. The molecule has 0 aliphatic rings. The van der Waals surface area contributed by atoms with Crippen molar-refractivity contribution in [2.75, 3.05) is 19.0 Å². The molecule has 0 aliphatic heterocycles. The lowest BCUT2D eigenvalue weighted by atomic mass is 10.1. The number of aromatic amines is 1. The van der Waals surface area contributed by atoms with E-state index in [-0.39, 0.29) is 5.91 Å². The number of thiophene rings is 1. The third-order valence-corrected chi connectivity index (χ3v) is 5.37. The van der Waals surface area contributed by atoms with E-state index in [0.29, 0.717) is 11.4 Å². The standard InChI is InChI=1S/C21H20N4O2S/c1-27-15-4-2-14(3-5-15)6-10-24-21(26)19-18(9-13-28-19)25-17-8-12-23-20-16(17)7-11-22-20/h2-5,7-9,11-13H,6,10H2,1H3,(H,24,26)(H2,22,23,25). The van der Waals surface area contributed by atoms with Gasteiger partial charge in [-0.15, -0.1) is 11.3 Å². The first kappa shape index (κ1) is 18.1. The van der Waals surface area contributed by atoms with Crippen LogP contribution in [-0.2, 0) is 6.42 Å². The Morgan fingerprint density at radius 2 is 2.00 bits per heavy atom. The van der Waals surface area contributed by atoms with Crippen molar-refractivity contribution in [3.8, 4) is 5.75 Å². The van der Waals surface area contributed by atoms with Crippen molar-refractivity contribution in [3.63, 3.8) is 0 Å². The van der Waals surface area contributed by atoms with Gasteiger partial charge < -0.3 is 20.4 Å². The van der Waals surface area contributed by atoms with Gasteiger partial charge in [0.15, 0.2) is 0 Å². The Kier molecular flexibility index (Phi) is 5.25. The molecule has 3 aromatic heterocycles. The van der Waals surface area contributed by atoms with Crippen molar-refractivity contribution >= 4 is 39.7 Å². The molecule has 7 heteroatoms. The normalized spacial score (nSPS) is 10.8. The summed E-state index contributed by atoms with van der Waals surface area (Å²) in [5.41, 5.74) is 3.67. The minimum atomic E-state index is -0.0784. The number of nitrogens with zero attached hydrogens (tertiary/aromatic N) is 1. The summed E-state index contributed by atoms with van der Waals surface area (Å²) in [6.07, 6.45) is 4.35. The number of carbonyl (C=O) groups excluding carboxylic acids is 1. The monoisotopic (exact) mass is 392 g/mol. The Morgan fingerprint density at radius 3 is 2.82 bits per heavy atom. The molecular weight excluding hydrogens is 372 g/mol. The molecule has 3 N–H and O–H groups in total. The van der Waals surface area contributed by atoms with Crippen LogP contribution in [0.4, 0.5) is 11.4 Å². The van der Waals surface area contributed by atoms with E-state index in [1.54, 1.807) is 13.3 Å². The number of benzene rings is 1. The Hall–Kier alpha value is -3.32. The van der Waals surface area contributed by atoms with Gasteiger partial charge >= 0.3 is 0 Å². The van der Waals surface area contributed by atoms with Gasteiger partial charge in [-0.25, -0.2) is 4.98 Å². The largest absolute Gasteiger partial charge is 0.497 e. The zero-order chi connectivity index (χ0) is 19.3. The number of amides is 1. The second-order valence-electron chi connectivity index (χ2n) is 6.24. The number of H-pyrrole nitrogens is 1. The summed E-state index contributed by atoms with van der Waals surface area (Å²) >= 11 is 1.42. The van der Waals surface area contributed by atoms with Gasteiger partial charge in [-0.2, -0.15) is 0 Å². The molecule has 3 heterocycles. The number of methoxy groups -OCH3 is 1. The molecule has 0 aliphatic carbocycles. The van der Waals surface area contributed by atoms with Crippen LogP contribution in [0.15, 0.2) is 60.2 Å². The van der Waals surface area contributed by atoms with Gasteiger partial charge in [0, 0.05) is 24.3 Å². The topological polar surface area (TPSA) is 79.0 Å². The molecule has 6 nitrogen and oxygen atoms in total. The number of anilines is 2. The average Bonchev–Trinajstić information content (AvgIpc) is 3.38. The van der Waals surface area contributed by atoms with Crippen LogP contribution in [0.1, 0.15) is 15.2 Å². The molecule has 0 bridgehead atoms. The molecule has 4 aromatic rings. The van der Waals surface area contributed by atoms with Gasteiger partial charge in [-0.05, 0) is 47.7 Å². The minimum absolute atomic E-state index is 0.0784. The molecule has 142 valence electrons. The van der Waals surface area contributed by atoms with Crippen LogP contribution in [0.25, 0.3) is 11.0 Å². The maximum Gasteiger partial charge on any atom is 0.263 e. The van der Waals surface area contributed by atoms with Gasteiger partial charge in [0.2, 0.25) is 0 Å². The highest BCUT2D eigenvalue weighted by molar-refractivity contribution is 7.12. The van der Waals surface area contributed by atoms with Crippen molar-refractivity contribution < 1.29 is 9.53 Å². The maximum atomic E-state index is 12.6. The van der Waals surface area contributed by atoms with Crippen LogP contribution < -0.4 is 15.4 Å². The van der Waals surface area contributed by atoms with Crippen LogP contribution in [0.5, 0.6) is 5.75 Å². The van der Waals surface area contributed by atoms with Crippen molar-refractivity contribution in [2.24, 2.45) is 0 Å². The predicted molar refractivity (Wildman–Crippen MR) is 113 cm³/mol. The van der Waals surface area contributed by atoms with Crippen LogP contribution in [0, 0.1) is 0 Å². The summed E-state index contributed by atoms with van der Waals surface area (Å²) in [6.45, 7) is 0.569. The molecule has 0 saturated heterocycles. The number of hydrogen-bond acceptors (Lipinski definition) is 5. The molecule has 4 rings (SSSR count). The van der Waals surface area contributed by atoms with Gasteiger partial charge in [-0.1, -0.05) is 12.1 Å². The number of rotatable bonds is 7. The smallest absolute Gasteiger partial charge is 0.263 e. The number of fused-ring (bicyclic) bond motifs is 1. The number of ether oxygens (including phenoxy) is 1. The Bertz CT molecular complexity index is 1090. The van der Waals surface area contributed by atoms with E-state index in [9.17, 15) is 4.79 Å². The Morgan fingerprint density at radius 1 is 1.14 bits per heavy atom. The quantitative estimate of drug-likeness (QED) is 0.437. The minimum Gasteiger partial charge on any atom is -0.497 e. The van der Waals surface area contributed by atoms with Gasteiger partial charge in [0.1, 0.15) is 16.3 Å². The lowest BCUT2D eigenvalue weighted by molar-refractivity contribution is 0.0959. The average molecular weight is 392 g/mol. The summed E-state index contributed by atoms with van der Waals surface area (Å²) in [4.78, 5) is 20.7. The van der Waals surface area contributed by atoms with E-state index in [1.807, 2.05) is 54.0 Å². The molecule has 1 amide bonds. The molecule has 1 aromatic carbocycles. The maximum absolute atomic E-state index is 12.6. The predicted octanol–water partition coefficient (Wildman–Crippen LogP) is 4.35. The Balaban J connectivity index is 1.40. The van der Waals surface area contributed by atoms with Crippen molar-refractivity contribution in [1.29, 1.82) is 0 Å². The zero-order valence-corrected chi connectivity index (χ0v) is 16.2. The molecule has 28 heavy (non-hydrogen) atoms. The molecule has 0 radical (unpaired) electrons. The van der Waals surface area contributed by atoms with Crippen molar-refractivity contribution in [1.82, 2.24) is 15.3 Å². The summed E-state index contributed by atoms with van der Waals surface area (Å²) in [7, 11) is 1.65. The van der Waals surface area contributed by atoms with Gasteiger partial charge in [0.25, 0.3) is 5.91 Å². The zero-order valence-electron chi connectivity index (χ0n) is 15.4. The highest BCUT2D eigenvalue weighted by Crippen LogP contribution is 2.29. The second kappa shape index (κ2) is 8.14. The fourth-order valence-corrected chi connectivity index (χ4v) is 3.76. The van der Waals surface area contributed by atoms with E-state index < -0.39 is 0 Å². The lowest BCUT2D eigenvalue weighted by Gasteiger charge is -2.09. The van der Waals surface area contributed by atoms with E-state index >= 15 is 0 Å². The molecule has 0 atom stereocenters. The SMILES string of the molecule is COc1ccc(CCNC(=O)c2sccc2Nc2ccnc3[nH]ccc23)cc1. The fourth-order valence-electron chi connectivity index (χ4n) is 2.99. The van der Waals surface area contributed by atoms with Crippen LogP contribution in [0.2, 0.25) is 0 Å².